The Bertz CT molecular complexity index is 1130. The van der Waals surface area contributed by atoms with Crippen molar-refractivity contribution >= 4 is 39.8 Å². The topological polar surface area (TPSA) is 73.9 Å². The molecule has 180 valence electrons. The summed E-state index contributed by atoms with van der Waals surface area (Å²) in [5.41, 5.74) is 2.85. The molecule has 1 amide bonds. The maximum Gasteiger partial charge on any atom is 0.341 e. The Morgan fingerprint density at radius 1 is 1.00 bits per heavy atom. The summed E-state index contributed by atoms with van der Waals surface area (Å²) in [5.74, 6) is 0.805. The Kier molecular flexibility index (Phi) is 9.36. The third-order valence-electron chi connectivity index (χ3n) is 4.95. The highest BCUT2D eigenvalue weighted by Crippen LogP contribution is 2.37. The van der Waals surface area contributed by atoms with E-state index < -0.39 is 5.97 Å². The van der Waals surface area contributed by atoms with Gasteiger partial charge in [0.1, 0.15) is 22.1 Å². The van der Waals surface area contributed by atoms with Crippen LogP contribution in [-0.2, 0) is 9.53 Å². The van der Waals surface area contributed by atoms with Crippen molar-refractivity contribution in [3.8, 4) is 22.6 Å². The molecule has 0 aliphatic heterocycles. The van der Waals surface area contributed by atoms with Crippen LogP contribution in [0.3, 0.4) is 0 Å². The lowest BCUT2D eigenvalue weighted by atomic mass is 10.0. The number of hydrogen-bond donors (Lipinski definition) is 1. The van der Waals surface area contributed by atoms with Gasteiger partial charge in [0.15, 0.2) is 0 Å². The third-order valence-corrected chi connectivity index (χ3v) is 6.27. The second kappa shape index (κ2) is 12.4. The number of hydrogen-bond acceptors (Lipinski definition) is 6. The smallest absolute Gasteiger partial charge is 0.341 e. The van der Waals surface area contributed by atoms with Gasteiger partial charge >= 0.3 is 5.97 Å². The molecule has 0 spiro atoms. The second-order valence-electron chi connectivity index (χ2n) is 7.44. The van der Waals surface area contributed by atoms with Gasteiger partial charge < -0.3 is 19.5 Å². The Morgan fingerprint density at radius 3 is 2.41 bits per heavy atom. The van der Waals surface area contributed by atoms with Crippen LogP contribution in [0.5, 0.6) is 11.5 Å². The quantitative estimate of drug-likeness (QED) is 0.232. The minimum Gasteiger partial charge on any atom is -0.494 e. The Labute approximate surface area is 208 Å². The van der Waals surface area contributed by atoms with Gasteiger partial charge in [-0.1, -0.05) is 23.7 Å². The number of thiophene rings is 1. The van der Waals surface area contributed by atoms with Crippen LogP contribution in [-0.4, -0.2) is 31.7 Å². The molecule has 0 radical (unpaired) electrons. The molecular formula is C26H28ClNO5S. The first-order valence-corrected chi connectivity index (χ1v) is 12.4. The van der Waals surface area contributed by atoms with Gasteiger partial charge in [0.05, 0.1) is 19.8 Å². The van der Waals surface area contributed by atoms with Crippen molar-refractivity contribution in [3.05, 3.63) is 64.0 Å². The molecule has 8 heteroatoms. The normalized spacial score (nSPS) is 10.6. The third kappa shape index (κ3) is 6.74. The standard InChI is InChI=1S/C26H28ClNO5S/c1-4-31-19-10-8-18(9-11-19)21-16-34-25(24(21)26(30)32-5-2)28-23(29)7-6-14-33-20-12-13-22(27)17(3)15-20/h8-13,15-16H,4-7,14H2,1-3H3,(H,28,29). The zero-order valence-electron chi connectivity index (χ0n) is 19.5. The molecule has 34 heavy (non-hydrogen) atoms. The SMILES string of the molecule is CCOC(=O)c1c(-c2ccc(OCC)cc2)csc1NC(=O)CCCOc1ccc(Cl)c(C)c1. The zero-order valence-corrected chi connectivity index (χ0v) is 21.1. The summed E-state index contributed by atoms with van der Waals surface area (Å²) < 4.78 is 16.5. The maximum atomic E-state index is 12.7. The van der Waals surface area contributed by atoms with Crippen molar-refractivity contribution in [1.82, 2.24) is 0 Å². The fourth-order valence-corrected chi connectivity index (χ4v) is 4.38. The first-order valence-electron chi connectivity index (χ1n) is 11.1. The van der Waals surface area contributed by atoms with E-state index in [4.69, 9.17) is 25.8 Å². The fraction of sp³-hybridized carbons (Fsp3) is 0.308. The molecule has 0 atom stereocenters. The highest BCUT2D eigenvalue weighted by atomic mass is 35.5. The Morgan fingerprint density at radius 2 is 1.74 bits per heavy atom. The van der Waals surface area contributed by atoms with Gasteiger partial charge in [-0.3, -0.25) is 4.79 Å². The van der Waals surface area contributed by atoms with Gasteiger partial charge in [0.25, 0.3) is 0 Å². The number of benzene rings is 2. The van der Waals surface area contributed by atoms with E-state index in [0.717, 1.165) is 16.9 Å². The molecular weight excluding hydrogens is 474 g/mol. The van der Waals surface area contributed by atoms with Crippen LogP contribution in [0.1, 0.15) is 42.6 Å². The van der Waals surface area contributed by atoms with E-state index in [9.17, 15) is 9.59 Å². The molecule has 1 aromatic heterocycles. The van der Waals surface area contributed by atoms with E-state index in [1.807, 2.05) is 49.6 Å². The molecule has 0 aliphatic rings. The van der Waals surface area contributed by atoms with Crippen LogP contribution < -0.4 is 14.8 Å². The molecule has 0 saturated heterocycles. The number of esters is 1. The van der Waals surface area contributed by atoms with Crippen LogP contribution in [0.15, 0.2) is 47.8 Å². The van der Waals surface area contributed by atoms with Crippen LogP contribution in [0, 0.1) is 6.92 Å². The molecule has 0 saturated carbocycles. The highest BCUT2D eigenvalue weighted by molar-refractivity contribution is 7.15. The van der Waals surface area contributed by atoms with E-state index >= 15 is 0 Å². The number of halogens is 1. The lowest BCUT2D eigenvalue weighted by molar-refractivity contribution is -0.116. The van der Waals surface area contributed by atoms with E-state index in [2.05, 4.69) is 5.32 Å². The largest absolute Gasteiger partial charge is 0.494 e. The van der Waals surface area contributed by atoms with Crippen molar-refractivity contribution in [2.24, 2.45) is 0 Å². The molecule has 0 bridgehead atoms. The molecule has 3 rings (SSSR count). The van der Waals surface area contributed by atoms with Crippen LogP contribution in [0.25, 0.3) is 11.1 Å². The van der Waals surface area contributed by atoms with Gasteiger partial charge in [-0.25, -0.2) is 4.79 Å². The van der Waals surface area contributed by atoms with Crippen LogP contribution in [0.4, 0.5) is 5.00 Å². The van der Waals surface area contributed by atoms with Crippen LogP contribution in [0.2, 0.25) is 5.02 Å². The molecule has 2 aromatic carbocycles. The molecule has 0 unspecified atom stereocenters. The average Bonchev–Trinajstić information content (AvgIpc) is 3.23. The minimum absolute atomic E-state index is 0.193. The average molecular weight is 502 g/mol. The first-order chi connectivity index (χ1) is 16.4. The number of carbonyl (C=O) groups is 2. The number of nitrogens with one attached hydrogen (secondary N) is 1. The number of aryl methyl sites for hydroxylation is 1. The molecule has 1 N–H and O–H groups in total. The van der Waals surface area contributed by atoms with Gasteiger partial charge in [0.2, 0.25) is 5.91 Å². The Balaban J connectivity index is 1.65. The summed E-state index contributed by atoms with van der Waals surface area (Å²) in [7, 11) is 0. The van der Waals surface area contributed by atoms with Crippen molar-refractivity contribution in [2.75, 3.05) is 25.1 Å². The monoisotopic (exact) mass is 501 g/mol. The van der Waals surface area contributed by atoms with Gasteiger partial charge in [0, 0.05) is 22.4 Å². The number of carbonyl (C=O) groups excluding carboxylic acids is 2. The predicted molar refractivity (Wildman–Crippen MR) is 136 cm³/mol. The number of ether oxygens (including phenoxy) is 3. The molecule has 6 nitrogen and oxygen atoms in total. The van der Waals surface area contributed by atoms with E-state index in [1.165, 1.54) is 11.3 Å². The molecule has 3 aromatic rings. The van der Waals surface area contributed by atoms with Crippen molar-refractivity contribution < 1.29 is 23.8 Å². The summed E-state index contributed by atoms with van der Waals surface area (Å²) in [6.45, 7) is 6.79. The summed E-state index contributed by atoms with van der Waals surface area (Å²) in [5, 5.41) is 5.88. The summed E-state index contributed by atoms with van der Waals surface area (Å²) in [6, 6.07) is 12.9. The zero-order chi connectivity index (χ0) is 24.5. The van der Waals surface area contributed by atoms with E-state index in [0.29, 0.717) is 46.5 Å². The Hall–Kier alpha value is -3.03. The number of amides is 1. The van der Waals surface area contributed by atoms with Gasteiger partial charge in [-0.2, -0.15) is 0 Å². The summed E-state index contributed by atoms with van der Waals surface area (Å²) in [4.78, 5) is 25.3. The van der Waals surface area contributed by atoms with E-state index in [-0.39, 0.29) is 18.9 Å². The van der Waals surface area contributed by atoms with Crippen molar-refractivity contribution in [3.63, 3.8) is 0 Å². The lowest BCUT2D eigenvalue weighted by Crippen LogP contribution is -2.15. The van der Waals surface area contributed by atoms with Gasteiger partial charge in [-0.05, 0) is 68.7 Å². The van der Waals surface area contributed by atoms with E-state index in [1.54, 1.807) is 19.1 Å². The fourth-order valence-electron chi connectivity index (χ4n) is 3.28. The second-order valence-corrected chi connectivity index (χ2v) is 8.73. The maximum absolute atomic E-state index is 12.7. The number of rotatable bonds is 11. The molecule has 0 aliphatic carbocycles. The first kappa shape index (κ1) is 25.6. The van der Waals surface area contributed by atoms with Crippen LogP contribution >= 0.6 is 22.9 Å². The van der Waals surface area contributed by atoms with Gasteiger partial charge in [-0.15, -0.1) is 11.3 Å². The minimum atomic E-state index is -0.468. The molecule has 1 heterocycles. The lowest BCUT2D eigenvalue weighted by Gasteiger charge is -2.10. The van der Waals surface area contributed by atoms with Crippen molar-refractivity contribution in [2.45, 2.75) is 33.6 Å². The predicted octanol–water partition coefficient (Wildman–Crippen LogP) is 6.75. The summed E-state index contributed by atoms with van der Waals surface area (Å²) in [6.07, 6.45) is 0.782. The summed E-state index contributed by atoms with van der Waals surface area (Å²) >= 11 is 7.33. The molecule has 0 fully saturated rings. The number of anilines is 1. The highest BCUT2D eigenvalue weighted by Gasteiger charge is 2.22. The van der Waals surface area contributed by atoms with Crippen molar-refractivity contribution in [1.29, 1.82) is 0 Å².